The van der Waals surface area contributed by atoms with Crippen LogP contribution in [0.3, 0.4) is 0 Å². The molecule has 23 heavy (non-hydrogen) atoms. The first-order valence-corrected chi connectivity index (χ1v) is 8.40. The molecular weight excluding hydrogens is 337 g/mol. The van der Waals surface area contributed by atoms with Crippen LogP contribution in [0.2, 0.25) is 10.0 Å². The van der Waals surface area contributed by atoms with Gasteiger partial charge in [-0.15, -0.1) is 0 Å². The number of amides is 2. The van der Waals surface area contributed by atoms with Crippen LogP contribution in [0.5, 0.6) is 0 Å². The molecule has 0 aliphatic carbocycles. The Morgan fingerprint density at radius 3 is 2.78 bits per heavy atom. The Hall–Kier alpha value is -1.30. The Labute approximate surface area is 146 Å². The van der Waals surface area contributed by atoms with Crippen molar-refractivity contribution in [3.8, 4) is 0 Å². The van der Waals surface area contributed by atoms with E-state index in [1.54, 1.807) is 30.0 Å². The molecule has 7 heteroatoms. The van der Waals surface area contributed by atoms with Crippen molar-refractivity contribution < 1.29 is 9.59 Å². The maximum atomic E-state index is 12.5. The zero-order valence-electron chi connectivity index (χ0n) is 13.2. The van der Waals surface area contributed by atoms with E-state index in [2.05, 4.69) is 10.6 Å². The molecule has 2 unspecified atom stereocenters. The second-order valence-corrected chi connectivity index (χ2v) is 6.49. The third-order valence-corrected chi connectivity index (χ3v) is 4.87. The molecule has 126 valence electrons. The zero-order chi connectivity index (χ0) is 17.0. The molecule has 1 heterocycles. The number of nitrogens with zero attached hydrogens (tertiary/aromatic N) is 1. The van der Waals surface area contributed by atoms with Crippen LogP contribution in [0.4, 0.5) is 0 Å². The average Bonchev–Trinajstić information content (AvgIpc) is 2.56. The monoisotopic (exact) mass is 357 g/mol. The normalized spacial score (nSPS) is 19.3. The lowest BCUT2D eigenvalue weighted by atomic mass is 10.0. The number of likely N-dealkylation sites (tertiary alicyclic amines) is 1. The van der Waals surface area contributed by atoms with Crippen molar-refractivity contribution in [3.63, 3.8) is 0 Å². The van der Waals surface area contributed by atoms with E-state index in [0.717, 1.165) is 19.4 Å². The van der Waals surface area contributed by atoms with Gasteiger partial charge in [-0.05, 0) is 38.9 Å². The highest BCUT2D eigenvalue weighted by Crippen LogP contribution is 2.25. The van der Waals surface area contributed by atoms with E-state index < -0.39 is 11.9 Å². The average molecular weight is 358 g/mol. The van der Waals surface area contributed by atoms with Gasteiger partial charge in [0.25, 0.3) is 5.91 Å². The number of hydrogen-bond acceptors (Lipinski definition) is 3. The summed E-state index contributed by atoms with van der Waals surface area (Å²) in [5.74, 6) is -0.489. The maximum Gasteiger partial charge on any atom is 0.253 e. The Morgan fingerprint density at radius 1 is 1.35 bits per heavy atom. The SMILES string of the molecule is CNC1CCCN(C(=O)C(C)NC(=O)c2cccc(Cl)c2Cl)C1. The van der Waals surface area contributed by atoms with E-state index in [1.807, 2.05) is 7.05 Å². The van der Waals surface area contributed by atoms with Gasteiger partial charge in [0, 0.05) is 19.1 Å². The van der Waals surface area contributed by atoms with Crippen molar-refractivity contribution in [2.45, 2.75) is 31.8 Å². The molecule has 1 aliphatic heterocycles. The van der Waals surface area contributed by atoms with E-state index in [-0.39, 0.29) is 16.5 Å². The fraction of sp³-hybridized carbons (Fsp3) is 0.500. The Balaban J connectivity index is 2.00. The number of nitrogens with one attached hydrogen (secondary N) is 2. The molecule has 2 amide bonds. The summed E-state index contributed by atoms with van der Waals surface area (Å²) in [4.78, 5) is 26.6. The zero-order valence-corrected chi connectivity index (χ0v) is 14.7. The Bertz CT molecular complexity index is 595. The smallest absolute Gasteiger partial charge is 0.253 e. The maximum absolute atomic E-state index is 12.5. The minimum absolute atomic E-state index is 0.0866. The van der Waals surface area contributed by atoms with Crippen molar-refractivity contribution in [1.82, 2.24) is 15.5 Å². The van der Waals surface area contributed by atoms with Gasteiger partial charge in [-0.1, -0.05) is 29.3 Å². The minimum Gasteiger partial charge on any atom is -0.340 e. The molecule has 0 saturated carbocycles. The van der Waals surface area contributed by atoms with Crippen LogP contribution < -0.4 is 10.6 Å². The van der Waals surface area contributed by atoms with Gasteiger partial charge < -0.3 is 15.5 Å². The Morgan fingerprint density at radius 2 is 2.09 bits per heavy atom. The summed E-state index contributed by atoms with van der Waals surface area (Å²) in [7, 11) is 1.89. The summed E-state index contributed by atoms with van der Waals surface area (Å²) in [5.41, 5.74) is 0.269. The first kappa shape index (κ1) is 18.0. The van der Waals surface area contributed by atoms with Gasteiger partial charge in [0.05, 0.1) is 15.6 Å². The predicted molar refractivity (Wildman–Crippen MR) is 92.1 cm³/mol. The molecule has 0 bridgehead atoms. The van der Waals surface area contributed by atoms with Gasteiger partial charge in [-0.3, -0.25) is 9.59 Å². The second-order valence-electron chi connectivity index (χ2n) is 5.71. The van der Waals surface area contributed by atoms with Crippen molar-refractivity contribution in [2.75, 3.05) is 20.1 Å². The van der Waals surface area contributed by atoms with Crippen molar-refractivity contribution >= 4 is 35.0 Å². The van der Waals surface area contributed by atoms with E-state index in [0.29, 0.717) is 17.6 Å². The van der Waals surface area contributed by atoms with Crippen molar-refractivity contribution in [2.24, 2.45) is 0 Å². The van der Waals surface area contributed by atoms with E-state index in [4.69, 9.17) is 23.2 Å². The number of carbonyl (C=O) groups is 2. The van der Waals surface area contributed by atoms with Crippen molar-refractivity contribution in [3.05, 3.63) is 33.8 Å². The molecule has 5 nitrogen and oxygen atoms in total. The van der Waals surface area contributed by atoms with Gasteiger partial charge in [0.1, 0.15) is 6.04 Å². The Kier molecular flexibility index (Phi) is 6.27. The number of carbonyl (C=O) groups excluding carboxylic acids is 2. The summed E-state index contributed by atoms with van der Waals surface area (Å²) >= 11 is 12.0. The van der Waals surface area contributed by atoms with E-state index in [9.17, 15) is 9.59 Å². The van der Waals surface area contributed by atoms with Crippen LogP contribution in [-0.4, -0.2) is 48.9 Å². The van der Waals surface area contributed by atoms with Crippen LogP contribution >= 0.6 is 23.2 Å². The molecule has 1 aromatic carbocycles. The summed E-state index contributed by atoms with van der Waals surface area (Å²) in [6.45, 7) is 3.06. The van der Waals surface area contributed by atoms with E-state index >= 15 is 0 Å². The van der Waals surface area contributed by atoms with Gasteiger partial charge in [0.15, 0.2) is 0 Å². The fourth-order valence-electron chi connectivity index (χ4n) is 2.70. The topological polar surface area (TPSA) is 61.4 Å². The lowest BCUT2D eigenvalue weighted by molar-refractivity contribution is -0.134. The molecule has 1 fully saturated rings. The van der Waals surface area contributed by atoms with Crippen LogP contribution in [0.25, 0.3) is 0 Å². The third kappa shape index (κ3) is 4.37. The number of hydrogen-bond donors (Lipinski definition) is 2. The summed E-state index contributed by atoms with van der Waals surface area (Å²) < 4.78 is 0. The molecule has 1 aliphatic rings. The lowest BCUT2D eigenvalue weighted by Crippen LogP contribution is -2.53. The molecule has 0 spiro atoms. The van der Waals surface area contributed by atoms with Crippen LogP contribution in [-0.2, 0) is 4.79 Å². The van der Waals surface area contributed by atoms with Gasteiger partial charge in [-0.25, -0.2) is 0 Å². The van der Waals surface area contributed by atoms with E-state index in [1.165, 1.54) is 0 Å². The van der Waals surface area contributed by atoms with Crippen LogP contribution in [0, 0.1) is 0 Å². The largest absolute Gasteiger partial charge is 0.340 e. The number of halogens is 2. The standard InChI is InChI=1S/C16H21Cl2N3O2/c1-10(16(23)21-8-4-5-11(9-21)19-2)20-15(22)12-6-3-7-13(17)14(12)18/h3,6-7,10-11,19H,4-5,8-9H2,1-2H3,(H,20,22). The van der Waals surface area contributed by atoms with Crippen molar-refractivity contribution in [1.29, 1.82) is 0 Å². The molecule has 2 atom stereocenters. The highest BCUT2D eigenvalue weighted by Gasteiger charge is 2.27. The molecule has 0 radical (unpaired) electrons. The molecule has 1 aromatic rings. The minimum atomic E-state index is -0.617. The molecule has 2 N–H and O–H groups in total. The molecule has 0 aromatic heterocycles. The quantitative estimate of drug-likeness (QED) is 0.869. The second kappa shape index (κ2) is 7.99. The number of rotatable bonds is 4. The number of benzene rings is 1. The fourth-order valence-corrected chi connectivity index (χ4v) is 3.09. The van der Waals surface area contributed by atoms with Gasteiger partial charge in [0.2, 0.25) is 5.91 Å². The summed E-state index contributed by atoms with van der Waals surface area (Å²) in [5, 5.41) is 6.40. The number of likely N-dealkylation sites (N-methyl/N-ethyl adjacent to an activating group) is 1. The van der Waals surface area contributed by atoms with Crippen LogP contribution in [0.1, 0.15) is 30.1 Å². The van der Waals surface area contributed by atoms with Crippen LogP contribution in [0.15, 0.2) is 18.2 Å². The predicted octanol–water partition coefficient (Wildman–Crippen LogP) is 2.32. The number of piperidine rings is 1. The van der Waals surface area contributed by atoms with Gasteiger partial charge in [-0.2, -0.15) is 0 Å². The molecule has 1 saturated heterocycles. The highest BCUT2D eigenvalue weighted by atomic mass is 35.5. The lowest BCUT2D eigenvalue weighted by Gasteiger charge is -2.34. The molecule has 2 rings (SSSR count). The first-order chi connectivity index (χ1) is 10.9. The third-order valence-electron chi connectivity index (χ3n) is 4.06. The summed E-state index contributed by atoms with van der Waals surface area (Å²) in [6.07, 6.45) is 2.01. The highest BCUT2D eigenvalue weighted by molar-refractivity contribution is 6.43. The van der Waals surface area contributed by atoms with Gasteiger partial charge >= 0.3 is 0 Å². The summed E-state index contributed by atoms with van der Waals surface area (Å²) in [6, 6.07) is 4.53. The molecular formula is C16H21Cl2N3O2. The first-order valence-electron chi connectivity index (χ1n) is 7.65.